The molecule has 5 nitrogen and oxygen atoms in total. The van der Waals surface area contributed by atoms with Gasteiger partial charge in [-0.2, -0.15) is 0 Å². The predicted octanol–water partition coefficient (Wildman–Crippen LogP) is 3.67. The Bertz CT molecular complexity index is 724. The molecular formula is C20H25N3O2. The highest BCUT2D eigenvalue weighted by molar-refractivity contribution is 6.05. The van der Waals surface area contributed by atoms with Crippen LogP contribution in [0.3, 0.4) is 0 Å². The average Bonchev–Trinajstić information content (AvgIpc) is 2.62. The van der Waals surface area contributed by atoms with E-state index in [1.165, 1.54) is 18.0 Å². The first kappa shape index (κ1) is 18.6. The van der Waals surface area contributed by atoms with Gasteiger partial charge in [-0.1, -0.05) is 32.9 Å². The number of amides is 2. The van der Waals surface area contributed by atoms with Gasteiger partial charge in [-0.25, -0.2) is 0 Å². The molecule has 2 aromatic rings. The molecule has 1 heterocycles. The quantitative estimate of drug-likeness (QED) is 0.808. The van der Waals surface area contributed by atoms with Crippen LogP contribution in [-0.4, -0.2) is 23.3 Å². The number of carbonyl (C=O) groups is 2. The van der Waals surface area contributed by atoms with Crippen molar-refractivity contribution < 1.29 is 9.59 Å². The molecule has 0 fully saturated rings. The van der Waals surface area contributed by atoms with Crippen LogP contribution in [0.15, 0.2) is 42.7 Å². The summed E-state index contributed by atoms with van der Waals surface area (Å²) in [4.78, 5) is 28.5. The Labute approximate surface area is 148 Å². The maximum atomic E-state index is 12.4. The Morgan fingerprint density at radius 1 is 1.04 bits per heavy atom. The summed E-state index contributed by atoms with van der Waals surface area (Å²) in [5.41, 5.74) is 2.67. The summed E-state index contributed by atoms with van der Waals surface area (Å²) in [5.74, 6) is 0.0262. The van der Waals surface area contributed by atoms with E-state index in [1.54, 1.807) is 6.07 Å². The summed E-state index contributed by atoms with van der Waals surface area (Å²) in [6.07, 6.45) is 4.79. The van der Waals surface area contributed by atoms with Crippen LogP contribution in [0.5, 0.6) is 0 Å². The largest absolute Gasteiger partial charge is 0.352 e. The van der Waals surface area contributed by atoms with Crippen molar-refractivity contribution in [3.63, 3.8) is 0 Å². The molecule has 0 saturated heterocycles. The first-order valence-corrected chi connectivity index (χ1v) is 8.63. The molecule has 25 heavy (non-hydrogen) atoms. The molecule has 0 atom stereocenters. The standard InChI is InChI=1S/C20H25N3O2/c1-4-15-5-7-18(8-6-15)23-20(25)17-11-16(12-21-13-17)19(24)22-10-9-14(2)3/h5-8,11-14H,4,9-10H2,1-3H3,(H,22,24)(H,23,25). The maximum Gasteiger partial charge on any atom is 0.257 e. The van der Waals surface area contributed by atoms with Crippen LogP contribution in [0.25, 0.3) is 0 Å². The Balaban J connectivity index is 2.01. The molecule has 2 rings (SSSR count). The summed E-state index contributed by atoms with van der Waals surface area (Å²) in [5, 5.41) is 5.67. The SMILES string of the molecule is CCc1ccc(NC(=O)c2cncc(C(=O)NCCC(C)C)c2)cc1. The van der Waals surface area contributed by atoms with Crippen molar-refractivity contribution in [2.75, 3.05) is 11.9 Å². The molecule has 0 unspecified atom stereocenters. The number of nitrogens with one attached hydrogen (secondary N) is 2. The lowest BCUT2D eigenvalue weighted by molar-refractivity contribution is 0.0951. The second kappa shape index (κ2) is 8.97. The smallest absolute Gasteiger partial charge is 0.257 e. The van der Waals surface area contributed by atoms with Crippen molar-refractivity contribution in [3.8, 4) is 0 Å². The fourth-order valence-electron chi connectivity index (χ4n) is 2.29. The van der Waals surface area contributed by atoms with Crippen LogP contribution >= 0.6 is 0 Å². The number of aromatic nitrogens is 1. The van der Waals surface area contributed by atoms with E-state index in [2.05, 4.69) is 36.4 Å². The van der Waals surface area contributed by atoms with Crippen molar-refractivity contribution >= 4 is 17.5 Å². The van der Waals surface area contributed by atoms with Crippen LogP contribution < -0.4 is 10.6 Å². The molecule has 1 aromatic heterocycles. The molecule has 132 valence electrons. The van der Waals surface area contributed by atoms with Gasteiger partial charge < -0.3 is 10.6 Å². The summed E-state index contributed by atoms with van der Waals surface area (Å²) >= 11 is 0. The Kier molecular flexibility index (Phi) is 6.69. The minimum absolute atomic E-state index is 0.213. The molecule has 5 heteroatoms. The Hall–Kier alpha value is -2.69. The minimum atomic E-state index is -0.284. The molecule has 1 aromatic carbocycles. The molecule has 0 spiro atoms. The third-order valence-electron chi connectivity index (χ3n) is 3.89. The number of hydrogen-bond acceptors (Lipinski definition) is 3. The topological polar surface area (TPSA) is 71.1 Å². The molecule has 2 amide bonds. The number of aryl methyl sites for hydroxylation is 1. The monoisotopic (exact) mass is 339 g/mol. The van der Waals surface area contributed by atoms with E-state index in [0.717, 1.165) is 12.8 Å². The van der Waals surface area contributed by atoms with Gasteiger partial charge in [-0.05, 0) is 42.5 Å². The molecule has 0 aliphatic rings. The predicted molar refractivity (Wildman–Crippen MR) is 99.8 cm³/mol. The zero-order valence-electron chi connectivity index (χ0n) is 15.0. The molecular weight excluding hydrogens is 314 g/mol. The zero-order valence-corrected chi connectivity index (χ0v) is 15.0. The highest BCUT2D eigenvalue weighted by Gasteiger charge is 2.11. The first-order chi connectivity index (χ1) is 12.0. The fourth-order valence-corrected chi connectivity index (χ4v) is 2.29. The van der Waals surface area contributed by atoms with E-state index in [-0.39, 0.29) is 11.8 Å². The number of hydrogen-bond donors (Lipinski definition) is 2. The van der Waals surface area contributed by atoms with Crippen molar-refractivity contribution in [2.24, 2.45) is 5.92 Å². The first-order valence-electron chi connectivity index (χ1n) is 8.63. The van der Waals surface area contributed by atoms with Crippen molar-refractivity contribution in [2.45, 2.75) is 33.6 Å². The summed E-state index contributed by atoms with van der Waals surface area (Å²) in [6.45, 7) is 6.89. The van der Waals surface area contributed by atoms with Gasteiger partial charge in [-0.3, -0.25) is 14.6 Å². The maximum absolute atomic E-state index is 12.4. The molecule has 0 aliphatic heterocycles. The molecule has 0 bridgehead atoms. The van der Waals surface area contributed by atoms with Crippen LogP contribution in [0.1, 0.15) is 53.5 Å². The number of nitrogens with zero attached hydrogens (tertiary/aromatic N) is 1. The summed E-state index contributed by atoms with van der Waals surface area (Å²) in [7, 11) is 0. The number of carbonyl (C=O) groups excluding carboxylic acids is 2. The average molecular weight is 339 g/mol. The van der Waals surface area contributed by atoms with Crippen molar-refractivity contribution in [1.29, 1.82) is 0 Å². The van der Waals surface area contributed by atoms with Crippen molar-refractivity contribution in [1.82, 2.24) is 10.3 Å². The van der Waals surface area contributed by atoms with E-state index >= 15 is 0 Å². The summed E-state index contributed by atoms with van der Waals surface area (Å²) in [6, 6.07) is 9.26. The molecule has 2 N–H and O–H groups in total. The number of benzene rings is 1. The second-order valence-electron chi connectivity index (χ2n) is 6.41. The number of pyridine rings is 1. The molecule has 0 radical (unpaired) electrons. The minimum Gasteiger partial charge on any atom is -0.352 e. The lowest BCUT2D eigenvalue weighted by atomic mass is 10.1. The normalized spacial score (nSPS) is 10.6. The van der Waals surface area contributed by atoms with Gasteiger partial charge >= 0.3 is 0 Å². The van der Waals surface area contributed by atoms with Crippen molar-refractivity contribution in [3.05, 3.63) is 59.4 Å². The van der Waals surface area contributed by atoms with E-state index < -0.39 is 0 Å². The van der Waals surface area contributed by atoms with Gasteiger partial charge in [0.25, 0.3) is 11.8 Å². The van der Waals surface area contributed by atoms with Crippen LogP contribution in [0.2, 0.25) is 0 Å². The lowest BCUT2D eigenvalue weighted by Crippen LogP contribution is -2.26. The zero-order chi connectivity index (χ0) is 18.2. The third-order valence-corrected chi connectivity index (χ3v) is 3.89. The van der Waals surface area contributed by atoms with Gasteiger partial charge in [0, 0.05) is 24.6 Å². The van der Waals surface area contributed by atoms with Gasteiger partial charge in [-0.15, -0.1) is 0 Å². The highest BCUT2D eigenvalue weighted by atomic mass is 16.2. The van der Waals surface area contributed by atoms with Crippen LogP contribution in [-0.2, 0) is 6.42 Å². The van der Waals surface area contributed by atoms with E-state index in [1.807, 2.05) is 24.3 Å². The highest BCUT2D eigenvalue weighted by Crippen LogP contribution is 2.12. The summed E-state index contributed by atoms with van der Waals surface area (Å²) < 4.78 is 0. The number of rotatable bonds is 7. The lowest BCUT2D eigenvalue weighted by Gasteiger charge is -2.09. The van der Waals surface area contributed by atoms with Gasteiger partial charge in [0.15, 0.2) is 0 Å². The van der Waals surface area contributed by atoms with E-state index in [4.69, 9.17) is 0 Å². The molecule has 0 aliphatic carbocycles. The van der Waals surface area contributed by atoms with E-state index in [9.17, 15) is 9.59 Å². The second-order valence-corrected chi connectivity index (χ2v) is 6.41. The Morgan fingerprint density at radius 3 is 2.28 bits per heavy atom. The van der Waals surface area contributed by atoms with Gasteiger partial charge in [0.1, 0.15) is 0 Å². The molecule has 0 saturated carbocycles. The van der Waals surface area contributed by atoms with Crippen LogP contribution in [0.4, 0.5) is 5.69 Å². The van der Waals surface area contributed by atoms with E-state index in [0.29, 0.717) is 29.3 Å². The fraction of sp³-hybridized carbons (Fsp3) is 0.350. The van der Waals surface area contributed by atoms with Gasteiger partial charge in [0.2, 0.25) is 0 Å². The third kappa shape index (κ3) is 5.71. The van der Waals surface area contributed by atoms with Crippen LogP contribution in [0, 0.1) is 5.92 Å². The van der Waals surface area contributed by atoms with Gasteiger partial charge in [0.05, 0.1) is 11.1 Å². The Morgan fingerprint density at radius 2 is 1.68 bits per heavy atom. The number of anilines is 1.